The molecule has 0 saturated heterocycles. The van der Waals surface area contributed by atoms with Gasteiger partial charge in [0.15, 0.2) is 0 Å². The fourth-order valence-corrected chi connectivity index (χ4v) is 1.12. The molecule has 20 heavy (non-hydrogen) atoms. The van der Waals surface area contributed by atoms with Gasteiger partial charge in [-0.25, -0.2) is 13.6 Å². The van der Waals surface area contributed by atoms with Crippen molar-refractivity contribution in [3.8, 4) is 0 Å². The molecule has 5 nitrogen and oxygen atoms in total. The third-order valence-electron chi connectivity index (χ3n) is 2.56. The fourth-order valence-electron chi connectivity index (χ4n) is 1.12. The average molecular weight is 296 g/mol. The largest absolute Gasteiger partial charge is 0.461 e. The molecule has 0 amide bonds. The number of alkyl halides is 2. The number of carbonyl (C=O) groups excluding carboxylic acids is 2. The number of hydrogen-bond acceptors (Lipinski definition) is 5. The highest BCUT2D eigenvalue weighted by Crippen LogP contribution is 2.22. The summed E-state index contributed by atoms with van der Waals surface area (Å²) < 4.78 is 40.1. The van der Waals surface area contributed by atoms with E-state index in [9.17, 15) is 18.4 Å². The molecule has 0 radical (unpaired) electrons. The van der Waals surface area contributed by atoms with E-state index < -0.39 is 36.2 Å². The number of hydrogen-bond donors (Lipinski definition) is 0. The smallest absolute Gasteiger partial charge is 0.379 e. The summed E-state index contributed by atoms with van der Waals surface area (Å²) in [5, 5.41) is 0. The molecule has 7 heteroatoms. The van der Waals surface area contributed by atoms with E-state index in [0.717, 1.165) is 6.92 Å². The first-order valence-corrected chi connectivity index (χ1v) is 6.47. The van der Waals surface area contributed by atoms with Crippen LogP contribution in [0, 0.1) is 5.92 Å². The van der Waals surface area contributed by atoms with E-state index >= 15 is 0 Å². The van der Waals surface area contributed by atoms with Crippen molar-refractivity contribution in [1.29, 1.82) is 0 Å². The molecule has 0 aliphatic heterocycles. The summed E-state index contributed by atoms with van der Waals surface area (Å²) in [4.78, 5) is 23.5. The van der Waals surface area contributed by atoms with E-state index in [4.69, 9.17) is 14.2 Å². The van der Waals surface area contributed by atoms with Gasteiger partial charge in [0.05, 0.1) is 12.5 Å². The van der Waals surface area contributed by atoms with Gasteiger partial charge in [-0.2, -0.15) is 0 Å². The second-order valence-electron chi connectivity index (χ2n) is 4.76. The highest BCUT2D eigenvalue weighted by Gasteiger charge is 2.43. The average Bonchev–Trinajstić information content (AvgIpc) is 2.34. The lowest BCUT2D eigenvalue weighted by Gasteiger charge is -2.29. The lowest BCUT2D eigenvalue weighted by atomic mass is 10.1. The first-order chi connectivity index (χ1) is 9.05. The predicted molar refractivity (Wildman–Crippen MR) is 67.2 cm³/mol. The Hall–Kier alpha value is -1.24. The number of carbonyl (C=O) groups is 2. The molecule has 2 unspecified atom stereocenters. The Bertz CT molecular complexity index is 340. The van der Waals surface area contributed by atoms with Crippen molar-refractivity contribution >= 4 is 11.9 Å². The summed E-state index contributed by atoms with van der Waals surface area (Å²) in [5.41, 5.74) is 0. The maximum Gasteiger partial charge on any atom is 0.379 e. The molecule has 0 bridgehead atoms. The normalized spacial score (nSPS) is 16.1. The third-order valence-corrected chi connectivity index (χ3v) is 2.56. The summed E-state index contributed by atoms with van der Waals surface area (Å²) in [7, 11) is 0. The van der Waals surface area contributed by atoms with Crippen LogP contribution in [0.4, 0.5) is 8.78 Å². The Balaban J connectivity index is 4.96. The maximum atomic E-state index is 12.8. The Morgan fingerprint density at radius 2 is 1.75 bits per heavy atom. The van der Waals surface area contributed by atoms with Crippen LogP contribution in [-0.2, 0) is 23.8 Å². The van der Waals surface area contributed by atoms with E-state index in [-0.39, 0.29) is 6.61 Å². The van der Waals surface area contributed by atoms with Crippen molar-refractivity contribution in [3.63, 3.8) is 0 Å². The standard InChI is InChI=1S/C13H22F2O5/c1-6-9(3)10(16)20-13(5,11(17)18-7-2)19-8-12(4,14)15/h9H,6-8H2,1-5H3. The third kappa shape index (κ3) is 6.27. The minimum absolute atomic E-state index is 0.0151. The van der Waals surface area contributed by atoms with E-state index in [0.29, 0.717) is 13.3 Å². The lowest BCUT2D eigenvalue weighted by molar-refractivity contribution is -0.252. The fraction of sp³-hybridized carbons (Fsp3) is 0.846. The highest BCUT2D eigenvalue weighted by molar-refractivity contribution is 5.82. The molecule has 0 heterocycles. The SMILES string of the molecule is CCOC(=O)C(C)(OCC(C)(F)F)OC(=O)C(C)CC. The van der Waals surface area contributed by atoms with Crippen molar-refractivity contribution < 1.29 is 32.6 Å². The molecule has 0 saturated carbocycles. The summed E-state index contributed by atoms with van der Waals surface area (Å²) in [5.74, 6) is -7.52. The number of halogens is 2. The molecule has 0 fully saturated rings. The van der Waals surface area contributed by atoms with Crippen LogP contribution in [0.2, 0.25) is 0 Å². The summed E-state index contributed by atoms with van der Waals surface area (Å²) in [6.45, 7) is 5.59. The monoisotopic (exact) mass is 296 g/mol. The van der Waals surface area contributed by atoms with Crippen LogP contribution in [0.5, 0.6) is 0 Å². The molecule has 0 N–H and O–H groups in total. The van der Waals surface area contributed by atoms with Gasteiger partial charge in [0.1, 0.15) is 6.61 Å². The van der Waals surface area contributed by atoms with Gasteiger partial charge in [0.2, 0.25) is 0 Å². The molecular formula is C13H22F2O5. The molecule has 0 aromatic carbocycles. The number of ether oxygens (including phenoxy) is 3. The van der Waals surface area contributed by atoms with E-state index in [1.54, 1.807) is 20.8 Å². The van der Waals surface area contributed by atoms with Gasteiger partial charge in [0.25, 0.3) is 5.92 Å². The van der Waals surface area contributed by atoms with Gasteiger partial charge in [-0.3, -0.25) is 4.79 Å². The molecule has 118 valence electrons. The first kappa shape index (κ1) is 18.8. The molecule has 0 spiro atoms. The first-order valence-electron chi connectivity index (χ1n) is 6.47. The summed E-state index contributed by atoms with van der Waals surface area (Å²) in [6.07, 6.45) is 0.488. The van der Waals surface area contributed by atoms with Crippen molar-refractivity contribution in [2.75, 3.05) is 13.2 Å². The predicted octanol–water partition coefficient (Wildman–Crippen LogP) is 2.53. The second-order valence-corrected chi connectivity index (χ2v) is 4.76. The highest BCUT2D eigenvalue weighted by atomic mass is 19.3. The van der Waals surface area contributed by atoms with Crippen molar-refractivity contribution in [3.05, 3.63) is 0 Å². The zero-order valence-electron chi connectivity index (χ0n) is 12.5. The Labute approximate surface area is 117 Å². The van der Waals surface area contributed by atoms with Gasteiger partial charge in [-0.05, 0) is 13.3 Å². The van der Waals surface area contributed by atoms with Crippen molar-refractivity contribution in [2.24, 2.45) is 5.92 Å². The number of esters is 2. The second kappa shape index (κ2) is 7.52. The topological polar surface area (TPSA) is 61.8 Å². The van der Waals surface area contributed by atoms with Crippen molar-refractivity contribution in [2.45, 2.75) is 52.7 Å². The Morgan fingerprint density at radius 3 is 2.15 bits per heavy atom. The number of rotatable bonds is 8. The van der Waals surface area contributed by atoms with Gasteiger partial charge in [-0.1, -0.05) is 13.8 Å². The van der Waals surface area contributed by atoms with Crippen LogP contribution >= 0.6 is 0 Å². The van der Waals surface area contributed by atoms with Crippen LogP contribution < -0.4 is 0 Å². The molecule has 0 aromatic heterocycles. The molecule has 0 aliphatic rings. The molecule has 0 aromatic rings. The Kier molecular flexibility index (Phi) is 7.05. The molecule has 0 rings (SSSR count). The Morgan fingerprint density at radius 1 is 1.20 bits per heavy atom. The molecule has 0 aliphatic carbocycles. The van der Waals surface area contributed by atoms with Crippen LogP contribution in [-0.4, -0.2) is 36.9 Å². The van der Waals surface area contributed by atoms with Crippen molar-refractivity contribution in [1.82, 2.24) is 0 Å². The quantitative estimate of drug-likeness (QED) is 0.509. The minimum atomic E-state index is -3.16. The maximum absolute atomic E-state index is 12.8. The van der Waals surface area contributed by atoms with E-state index in [2.05, 4.69) is 0 Å². The van der Waals surface area contributed by atoms with Gasteiger partial charge in [0, 0.05) is 13.8 Å². The minimum Gasteiger partial charge on any atom is -0.461 e. The van der Waals surface area contributed by atoms with Gasteiger partial charge >= 0.3 is 17.7 Å². The zero-order chi connectivity index (χ0) is 16.0. The van der Waals surface area contributed by atoms with E-state index in [1.165, 1.54) is 0 Å². The molecular weight excluding hydrogens is 274 g/mol. The van der Waals surface area contributed by atoms with Crippen LogP contribution in [0.3, 0.4) is 0 Å². The summed E-state index contributed by atoms with van der Waals surface area (Å²) in [6, 6.07) is 0. The summed E-state index contributed by atoms with van der Waals surface area (Å²) >= 11 is 0. The lowest BCUT2D eigenvalue weighted by Crippen LogP contribution is -2.47. The molecule has 2 atom stereocenters. The van der Waals surface area contributed by atoms with Gasteiger partial charge < -0.3 is 14.2 Å². The van der Waals surface area contributed by atoms with Crippen LogP contribution in [0.15, 0.2) is 0 Å². The van der Waals surface area contributed by atoms with E-state index in [1.807, 2.05) is 0 Å². The van der Waals surface area contributed by atoms with Crippen LogP contribution in [0.1, 0.15) is 41.0 Å². The van der Waals surface area contributed by atoms with Gasteiger partial charge in [-0.15, -0.1) is 0 Å². The van der Waals surface area contributed by atoms with Crippen LogP contribution in [0.25, 0.3) is 0 Å². The zero-order valence-corrected chi connectivity index (χ0v) is 12.5.